The number of carbonyl (C=O) groups excluding carboxylic acids is 1. The molecule has 3 rings (SSSR count). The van der Waals surface area contributed by atoms with Gasteiger partial charge in [-0.3, -0.25) is 19.3 Å². The molecule has 3 aromatic heterocycles. The molecule has 3 aromatic rings. The summed E-state index contributed by atoms with van der Waals surface area (Å²) < 4.78 is 6.55. The number of nitrogens with one attached hydrogen (secondary N) is 1. The fourth-order valence-electron chi connectivity index (χ4n) is 2.10. The second-order valence-electron chi connectivity index (χ2n) is 4.61. The largest absolute Gasteiger partial charge is 0.433 e. The van der Waals surface area contributed by atoms with Crippen molar-refractivity contribution in [3.63, 3.8) is 0 Å². The van der Waals surface area contributed by atoms with Crippen LogP contribution in [0.5, 0.6) is 0 Å². The molecule has 0 aliphatic rings. The molecule has 0 spiro atoms. The molecular weight excluding hydrogens is 302 g/mol. The molecule has 1 N–H and O–H groups in total. The van der Waals surface area contributed by atoms with E-state index in [1.54, 1.807) is 29.7 Å². The van der Waals surface area contributed by atoms with Crippen LogP contribution >= 0.6 is 0 Å². The minimum Gasteiger partial charge on any atom is -0.400 e. The average Bonchev–Trinajstić information content (AvgIpc) is 3.10. The summed E-state index contributed by atoms with van der Waals surface area (Å²) in [6.07, 6.45) is 2.91. The van der Waals surface area contributed by atoms with E-state index in [4.69, 9.17) is 4.42 Å². The van der Waals surface area contributed by atoms with Crippen LogP contribution in [0.25, 0.3) is 5.65 Å². The van der Waals surface area contributed by atoms with E-state index in [9.17, 15) is 14.9 Å². The van der Waals surface area contributed by atoms with Crippen LogP contribution in [0.2, 0.25) is 0 Å². The Morgan fingerprint density at radius 1 is 1.43 bits per heavy atom. The van der Waals surface area contributed by atoms with Crippen LogP contribution in [0.1, 0.15) is 21.9 Å². The smallest absolute Gasteiger partial charge is 0.400 e. The molecule has 1 amide bonds. The third kappa shape index (κ3) is 2.79. The van der Waals surface area contributed by atoms with Crippen LogP contribution in [-0.2, 0) is 0 Å². The molecule has 0 fully saturated rings. The highest BCUT2D eigenvalue weighted by Gasteiger charge is 2.15. The molecule has 0 saturated heterocycles. The van der Waals surface area contributed by atoms with E-state index in [-0.39, 0.29) is 5.76 Å². The highest BCUT2D eigenvalue weighted by Crippen LogP contribution is 2.14. The van der Waals surface area contributed by atoms with Gasteiger partial charge in [-0.25, -0.2) is 10.4 Å². The first-order valence-corrected chi connectivity index (χ1v) is 6.57. The van der Waals surface area contributed by atoms with E-state index >= 15 is 0 Å². The number of furan rings is 1. The van der Waals surface area contributed by atoms with Crippen molar-refractivity contribution in [2.24, 2.45) is 5.10 Å². The van der Waals surface area contributed by atoms with Crippen molar-refractivity contribution in [1.82, 2.24) is 14.8 Å². The topological polar surface area (TPSA) is 115 Å². The Labute approximate surface area is 129 Å². The number of rotatable bonds is 4. The normalized spacial score (nSPS) is 11.2. The number of aryl methyl sites for hydroxylation is 1. The summed E-state index contributed by atoms with van der Waals surface area (Å²) in [5, 5.41) is 14.2. The SMILES string of the molecule is Cc1nc2ccccn2c1C(=O)N/N=C\c1ccc([N+](=O)[O-])o1. The molecule has 0 atom stereocenters. The first-order chi connectivity index (χ1) is 11.1. The zero-order valence-corrected chi connectivity index (χ0v) is 12.0. The molecule has 23 heavy (non-hydrogen) atoms. The van der Waals surface area contributed by atoms with Gasteiger partial charge in [-0.2, -0.15) is 5.10 Å². The van der Waals surface area contributed by atoms with Crippen molar-refractivity contribution in [1.29, 1.82) is 0 Å². The van der Waals surface area contributed by atoms with E-state index in [2.05, 4.69) is 15.5 Å². The Bertz CT molecular complexity index is 924. The number of hydrogen-bond acceptors (Lipinski definition) is 6. The van der Waals surface area contributed by atoms with Gasteiger partial charge in [0, 0.05) is 6.20 Å². The monoisotopic (exact) mass is 313 g/mol. The van der Waals surface area contributed by atoms with Crippen molar-refractivity contribution < 1.29 is 14.1 Å². The van der Waals surface area contributed by atoms with E-state index in [0.717, 1.165) is 0 Å². The van der Waals surface area contributed by atoms with Gasteiger partial charge in [-0.1, -0.05) is 6.07 Å². The van der Waals surface area contributed by atoms with Crippen molar-refractivity contribution in [3.8, 4) is 0 Å². The first-order valence-electron chi connectivity index (χ1n) is 6.57. The van der Waals surface area contributed by atoms with Gasteiger partial charge in [0.15, 0.2) is 5.76 Å². The Morgan fingerprint density at radius 3 is 3.00 bits per heavy atom. The van der Waals surface area contributed by atoms with Gasteiger partial charge < -0.3 is 4.42 Å². The lowest BCUT2D eigenvalue weighted by molar-refractivity contribution is -0.402. The number of amides is 1. The number of nitro groups is 1. The van der Waals surface area contributed by atoms with Crippen LogP contribution in [0.3, 0.4) is 0 Å². The maximum atomic E-state index is 12.2. The van der Waals surface area contributed by atoms with Crippen molar-refractivity contribution >= 4 is 23.7 Å². The third-order valence-corrected chi connectivity index (χ3v) is 3.07. The van der Waals surface area contributed by atoms with Crippen molar-refractivity contribution in [2.45, 2.75) is 6.92 Å². The second-order valence-corrected chi connectivity index (χ2v) is 4.61. The molecule has 0 radical (unpaired) electrons. The molecule has 0 unspecified atom stereocenters. The first kappa shape index (κ1) is 14.4. The lowest BCUT2D eigenvalue weighted by atomic mass is 10.3. The van der Waals surface area contributed by atoms with Crippen LogP contribution in [-0.4, -0.2) is 26.4 Å². The molecule has 9 nitrogen and oxygen atoms in total. The summed E-state index contributed by atoms with van der Waals surface area (Å²) in [5.41, 5.74) is 3.93. The van der Waals surface area contributed by atoms with Crippen molar-refractivity contribution in [2.75, 3.05) is 0 Å². The van der Waals surface area contributed by atoms with Gasteiger partial charge >= 0.3 is 5.88 Å². The van der Waals surface area contributed by atoms with E-state index in [1.807, 2.05) is 6.07 Å². The summed E-state index contributed by atoms with van der Waals surface area (Å²) in [4.78, 5) is 26.3. The fraction of sp³-hybridized carbons (Fsp3) is 0.0714. The summed E-state index contributed by atoms with van der Waals surface area (Å²) in [7, 11) is 0. The molecule has 3 heterocycles. The molecule has 0 saturated carbocycles. The lowest BCUT2D eigenvalue weighted by Crippen LogP contribution is -2.20. The number of fused-ring (bicyclic) bond motifs is 1. The van der Waals surface area contributed by atoms with Gasteiger partial charge in [0.05, 0.1) is 18.0 Å². The van der Waals surface area contributed by atoms with E-state index < -0.39 is 16.7 Å². The lowest BCUT2D eigenvalue weighted by Gasteiger charge is -2.00. The molecule has 0 aromatic carbocycles. The number of imidazole rings is 1. The predicted molar refractivity (Wildman–Crippen MR) is 80.4 cm³/mol. The van der Waals surface area contributed by atoms with Gasteiger partial charge in [-0.05, 0) is 25.1 Å². The van der Waals surface area contributed by atoms with Crippen LogP contribution in [0.15, 0.2) is 46.0 Å². The zero-order chi connectivity index (χ0) is 16.4. The maximum absolute atomic E-state index is 12.2. The van der Waals surface area contributed by atoms with Gasteiger partial charge in [0.25, 0.3) is 5.91 Å². The van der Waals surface area contributed by atoms with E-state index in [1.165, 1.54) is 18.3 Å². The number of pyridine rings is 1. The summed E-state index contributed by atoms with van der Waals surface area (Å²) in [6, 6.07) is 7.99. The Balaban J connectivity index is 1.77. The predicted octanol–water partition coefficient (Wildman–Crippen LogP) is 1.91. The molecule has 0 bridgehead atoms. The number of hydrazone groups is 1. The van der Waals surface area contributed by atoms with Crippen LogP contribution < -0.4 is 5.43 Å². The number of aromatic nitrogens is 2. The molecule has 0 aliphatic heterocycles. The average molecular weight is 313 g/mol. The highest BCUT2D eigenvalue weighted by molar-refractivity contribution is 5.95. The maximum Gasteiger partial charge on any atom is 0.433 e. The fourth-order valence-corrected chi connectivity index (χ4v) is 2.10. The van der Waals surface area contributed by atoms with Gasteiger partial charge in [0.1, 0.15) is 16.3 Å². The standard InChI is InChI=1S/C14H11N5O4/c1-9-13(18-7-3-2-4-11(18)16-9)14(20)17-15-8-10-5-6-12(23-10)19(21)22/h2-8H,1H3,(H,17,20)/b15-8-. The van der Waals surface area contributed by atoms with Gasteiger partial charge in [0.2, 0.25) is 0 Å². The second kappa shape index (κ2) is 5.72. The molecule has 0 aliphatic carbocycles. The Hall–Kier alpha value is -3.49. The zero-order valence-electron chi connectivity index (χ0n) is 12.0. The summed E-state index contributed by atoms with van der Waals surface area (Å²) >= 11 is 0. The molecule has 116 valence electrons. The molecular formula is C14H11N5O4. The Morgan fingerprint density at radius 2 is 2.26 bits per heavy atom. The minimum absolute atomic E-state index is 0.159. The number of carbonyl (C=O) groups is 1. The quantitative estimate of drug-likeness (QED) is 0.449. The minimum atomic E-state index is -0.655. The third-order valence-electron chi connectivity index (χ3n) is 3.07. The summed E-state index contributed by atoms with van der Waals surface area (Å²) in [5.74, 6) is -0.680. The Kier molecular flexibility index (Phi) is 3.59. The number of nitrogens with zero attached hydrogens (tertiary/aromatic N) is 4. The summed E-state index contributed by atoms with van der Waals surface area (Å²) in [6.45, 7) is 1.72. The van der Waals surface area contributed by atoms with Gasteiger partial charge in [-0.15, -0.1) is 0 Å². The van der Waals surface area contributed by atoms with Crippen LogP contribution in [0.4, 0.5) is 5.88 Å². The number of hydrogen-bond donors (Lipinski definition) is 1. The molecule has 9 heteroatoms. The van der Waals surface area contributed by atoms with Crippen LogP contribution in [0, 0.1) is 17.0 Å². The van der Waals surface area contributed by atoms with Crippen molar-refractivity contribution in [3.05, 3.63) is 63.8 Å². The highest BCUT2D eigenvalue weighted by atomic mass is 16.6. The van der Waals surface area contributed by atoms with E-state index in [0.29, 0.717) is 17.0 Å².